The highest BCUT2D eigenvalue weighted by molar-refractivity contribution is 6.03. The zero-order valence-electron chi connectivity index (χ0n) is 17.9. The summed E-state index contributed by atoms with van der Waals surface area (Å²) in [6.45, 7) is 2.27. The van der Waals surface area contributed by atoms with Crippen molar-refractivity contribution in [1.29, 1.82) is 0 Å². The zero-order chi connectivity index (χ0) is 22.8. The van der Waals surface area contributed by atoms with E-state index in [-0.39, 0.29) is 23.3 Å². The number of nitrogens with two attached hydrogens (primary N) is 2. The highest BCUT2D eigenvalue weighted by Gasteiger charge is 2.30. The average Bonchev–Trinajstić information content (AvgIpc) is 3.35. The Balaban J connectivity index is 1.53. The third-order valence-corrected chi connectivity index (χ3v) is 5.99. The molecule has 0 aliphatic heterocycles. The molecule has 1 aliphatic carbocycles. The second-order valence-corrected chi connectivity index (χ2v) is 8.23. The third-order valence-electron chi connectivity index (χ3n) is 5.99. The number of carbonyl (C=O) groups is 2. The average molecular weight is 434 g/mol. The minimum Gasteiger partial charge on any atom is -0.393 e. The van der Waals surface area contributed by atoms with Gasteiger partial charge in [-0.2, -0.15) is 5.10 Å². The molecule has 0 radical (unpaired) electrons. The van der Waals surface area contributed by atoms with E-state index < -0.39 is 12.0 Å². The first-order chi connectivity index (χ1) is 15.3. The SMILES string of the molecule is Cc1ccccc1C(=O)NCc1ccc(-c2nn(C3CCC(O)C3)c(N)c2C(N)=O)cc1. The van der Waals surface area contributed by atoms with Crippen LogP contribution in [0.3, 0.4) is 0 Å². The van der Waals surface area contributed by atoms with E-state index in [0.717, 1.165) is 17.5 Å². The molecular weight excluding hydrogens is 406 g/mol. The number of hydrogen-bond donors (Lipinski definition) is 4. The molecule has 1 fully saturated rings. The van der Waals surface area contributed by atoms with Gasteiger partial charge in [-0.05, 0) is 43.4 Å². The molecule has 8 nitrogen and oxygen atoms in total. The summed E-state index contributed by atoms with van der Waals surface area (Å²) in [6.07, 6.45) is 1.57. The van der Waals surface area contributed by atoms with Crippen LogP contribution in [0.25, 0.3) is 11.3 Å². The zero-order valence-corrected chi connectivity index (χ0v) is 17.9. The molecule has 1 aliphatic rings. The largest absolute Gasteiger partial charge is 0.393 e. The van der Waals surface area contributed by atoms with Crippen LogP contribution in [-0.4, -0.2) is 32.8 Å². The highest BCUT2D eigenvalue weighted by Crippen LogP contribution is 2.35. The van der Waals surface area contributed by atoms with E-state index in [1.807, 2.05) is 49.4 Å². The van der Waals surface area contributed by atoms with Crippen molar-refractivity contribution in [2.45, 2.75) is 44.9 Å². The first kappa shape index (κ1) is 21.6. The topological polar surface area (TPSA) is 136 Å². The Morgan fingerprint density at radius 1 is 1.16 bits per heavy atom. The number of benzene rings is 2. The summed E-state index contributed by atoms with van der Waals surface area (Å²) < 4.78 is 1.61. The fraction of sp³-hybridized carbons (Fsp3) is 0.292. The molecule has 2 aromatic carbocycles. The van der Waals surface area contributed by atoms with Crippen molar-refractivity contribution in [2.24, 2.45) is 5.73 Å². The Morgan fingerprint density at radius 3 is 2.50 bits per heavy atom. The van der Waals surface area contributed by atoms with Gasteiger partial charge in [0.1, 0.15) is 17.1 Å². The number of nitrogen functional groups attached to an aromatic ring is 1. The molecule has 6 N–H and O–H groups in total. The van der Waals surface area contributed by atoms with Crippen molar-refractivity contribution in [3.63, 3.8) is 0 Å². The molecule has 2 unspecified atom stereocenters. The first-order valence-electron chi connectivity index (χ1n) is 10.6. The summed E-state index contributed by atoms with van der Waals surface area (Å²) >= 11 is 0. The minimum absolute atomic E-state index is 0.0622. The lowest BCUT2D eigenvalue weighted by Gasteiger charge is -2.11. The van der Waals surface area contributed by atoms with Crippen LogP contribution in [0, 0.1) is 6.92 Å². The van der Waals surface area contributed by atoms with Gasteiger partial charge in [0.25, 0.3) is 11.8 Å². The van der Waals surface area contributed by atoms with Crippen LogP contribution in [-0.2, 0) is 6.54 Å². The van der Waals surface area contributed by atoms with E-state index in [0.29, 0.717) is 36.2 Å². The predicted molar refractivity (Wildman–Crippen MR) is 122 cm³/mol. The third kappa shape index (κ3) is 4.22. The Labute approximate surface area is 186 Å². The molecule has 0 bridgehead atoms. The molecule has 32 heavy (non-hydrogen) atoms. The van der Waals surface area contributed by atoms with Crippen LogP contribution >= 0.6 is 0 Å². The molecule has 1 saturated carbocycles. The van der Waals surface area contributed by atoms with Gasteiger partial charge in [0.15, 0.2) is 0 Å². The van der Waals surface area contributed by atoms with E-state index in [1.54, 1.807) is 10.7 Å². The van der Waals surface area contributed by atoms with E-state index >= 15 is 0 Å². The Morgan fingerprint density at radius 2 is 1.88 bits per heavy atom. The summed E-state index contributed by atoms with van der Waals surface area (Å²) in [5.74, 6) is -0.550. The van der Waals surface area contributed by atoms with Crippen molar-refractivity contribution in [1.82, 2.24) is 15.1 Å². The number of aliphatic hydroxyl groups excluding tert-OH is 1. The number of anilines is 1. The number of aromatic nitrogens is 2. The molecule has 0 saturated heterocycles. The number of rotatable bonds is 6. The van der Waals surface area contributed by atoms with E-state index in [4.69, 9.17) is 11.5 Å². The molecule has 2 amide bonds. The number of carbonyl (C=O) groups excluding carboxylic acids is 2. The molecule has 3 aromatic rings. The van der Waals surface area contributed by atoms with Crippen LogP contribution < -0.4 is 16.8 Å². The maximum absolute atomic E-state index is 12.4. The standard InChI is InChI=1S/C24H27N5O3/c1-14-4-2-3-5-19(14)24(32)27-13-15-6-8-16(9-7-15)21-20(23(26)31)22(25)29(28-21)17-10-11-18(30)12-17/h2-9,17-18,30H,10-13,25H2,1H3,(H2,26,31)(H,27,32). The molecule has 8 heteroatoms. The predicted octanol–water partition coefficient (Wildman–Crippen LogP) is 2.56. The van der Waals surface area contributed by atoms with Crippen molar-refractivity contribution in [2.75, 3.05) is 5.73 Å². The van der Waals surface area contributed by atoms with Crippen molar-refractivity contribution in [3.8, 4) is 11.3 Å². The second kappa shape index (κ2) is 8.84. The Bertz CT molecular complexity index is 1150. The number of aliphatic hydroxyl groups is 1. The summed E-state index contributed by atoms with van der Waals surface area (Å²) in [5.41, 5.74) is 15.6. The van der Waals surface area contributed by atoms with Gasteiger partial charge < -0.3 is 21.9 Å². The normalized spacial score (nSPS) is 17.9. The fourth-order valence-electron chi connectivity index (χ4n) is 4.21. The smallest absolute Gasteiger partial charge is 0.254 e. The molecule has 4 rings (SSSR count). The lowest BCUT2D eigenvalue weighted by Crippen LogP contribution is -2.23. The van der Waals surface area contributed by atoms with Gasteiger partial charge in [-0.25, -0.2) is 4.68 Å². The van der Waals surface area contributed by atoms with Crippen molar-refractivity contribution in [3.05, 3.63) is 70.8 Å². The van der Waals surface area contributed by atoms with Gasteiger partial charge in [-0.3, -0.25) is 9.59 Å². The molecule has 166 valence electrons. The van der Waals surface area contributed by atoms with Crippen LogP contribution in [0.4, 0.5) is 5.82 Å². The number of primary amides is 1. The van der Waals surface area contributed by atoms with Crippen LogP contribution in [0.2, 0.25) is 0 Å². The minimum atomic E-state index is -0.642. The highest BCUT2D eigenvalue weighted by atomic mass is 16.3. The van der Waals surface area contributed by atoms with Crippen molar-refractivity contribution < 1.29 is 14.7 Å². The molecular formula is C24H27N5O3. The maximum atomic E-state index is 12.4. The molecule has 0 spiro atoms. The van der Waals surface area contributed by atoms with Gasteiger partial charge in [0.2, 0.25) is 0 Å². The number of amides is 2. The lowest BCUT2D eigenvalue weighted by molar-refractivity contribution is 0.0949. The number of aryl methyl sites for hydroxylation is 1. The molecule has 1 heterocycles. The van der Waals surface area contributed by atoms with Crippen molar-refractivity contribution >= 4 is 17.6 Å². The van der Waals surface area contributed by atoms with Crippen LogP contribution in [0.15, 0.2) is 48.5 Å². The lowest BCUT2D eigenvalue weighted by atomic mass is 10.0. The molecule has 1 aromatic heterocycles. The Hall–Kier alpha value is -3.65. The van der Waals surface area contributed by atoms with Gasteiger partial charge >= 0.3 is 0 Å². The Kier molecular flexibility index (Phi) is 5.96. The number of nitrogens with one attached hydrogen (secondary N) is 1. The van der Waals surface area contributed by atoms with Gasteiger partial charge in [0, 0.05) is 17.7 Å². The van der Waals surface area contributed by atoms with E-state index in [1.165, 1.54) is 0 Å². The summed E-state index contributed by atoms with van der Waals surface area (Å²) in [7, 11) is 0. The van der Waals surface area contributed by atoms with Crippen LogP contribution in [0.5, 0.6) is 0 Å². The quantitative estimate of drug-likeness (QED) is 0.474. The van der Waals surface area contributed by atoms with Gasteiger partial charge in [-0.15, -0.1) is 0 Å². The summed E-state index contributed by atoms with van der Waals surface area (Å²) in [5, 5.41) is 17.4. The van der Waals surface area contributed by atoms with E-state index in [9.17, 15) is 14.7 Å². The number of hydrogen-bond acceptors (Lipinski definition) is 5. The van der Waals surface area contributed by atoms with Gasteiger partial charge in [0.05, 0.1) is 12.1 Å². The van der Waals surface area contributed by atoms with Crippen LogP contribution in [0.1, 0.15) is 57.1 Å². The first-order valence-corrected chi connectivity index (χ1v) is 10.6. The maximum Gasteiger partial charge on any atom is 0.254 e. The monoisotopic (exact) mass is 433 g/mol. The second-order valence-electron chi connectivity index (χ2n) is 8.23. The summed E-state index contributed by atoms with van der Waals surface area (Å²) in [4.78, 5) is 24.5. The van der Waals surface area contributed by atoms with E-state index in [2.05, 4.69) is 10.4 Å². The number of nitrogens with zero attached hydrogens (tertiary/aromatic N) is 2. The molecule has 2 atom stereocenters. The van der Waals surface area contributed by atoms with Gasteiger partial charge in [-0.1, -0.05) is 42.5 Å². The fourth-order valence-corrected chi connectivity index (χ4v) is 4.21. The summed E-state index contributed by atoms with van der Waals surface area (Å²) in [6, 6.07) is 14.8.